The second-order valence-corrected chi connectivity index (χ2v) is 4.84. The molecule has 19 heavy (non-hydrogen) atoms. The summed E-state index contributed by atoms with van der Waals surface area (Å²) in [4.78, 5) is 14.0. The van der Waals surface area contributed by atoms with E-state index in [0.717, 1.165) is 30.6 Å². The van der Waals surface area contributed by atoms with Crippen LogP contribution in [0, 0.1) is 6.92 Å². The summed E-state index contributed by atoms with van der Waals surface area (Å²) in [7, 11) is 3.57. The first-order valence-electron chi connectivity index (χ1n) is 6.69. The van der Waals surface area contributed by atoms with Crippen molar-refractivity contribution in [2.75, 3.05) is 32.6 Å². The minimum Gasteiger partial charge on any atom is -0.495 e. The Morgan fingerprint density at radius 2 is 2.16 bits per heavy atom. The Kier molecular flexibility index (Phi) is 6.36. The second-order valence-electron chi connectivity index (χ2n) is 4.84. The van der Waals surface area contributed by atoms with Gasteiger partial charge < -0.3 is 10.1 Å². The second kappa shape index (κ2) is 7.79. The van der Waals surface area contributed by atoms with Gasteiger partial charge in [-0.15, -0.1) is 0 Å². The molecule has 1 amide bonds. The lowest BCUT2D eigenvalue weighted by Crippen LogP contribution is -2.31. The van der Waals surface area contributed by atoms with Crippen LogP contribution in [0.25, 0.3) is 0 Å². The van der Waals surface area contributed by atoms with Crippen LogP contribution < -0.4 is 10.1 Å². The lowest BCUT2D eigenvalue weighted by Gasteiger charge is -2.16. The number of hydrogen-bond donors (Lipinski definition) is 1. The van der Waals surface area contributed by atoms with Crippen LogP contribution in [0.3, 0.4) is 0 Å². The summed E-state index contributed by atoms with van der Waals surface area (Å²) in [5, 5.41) is 2.90. The fourth-order valence-corrected chi connectivity index (χ4v) is 1.86. The van der Waals surface area contributed by atoms with Crippen LogP contribution in [0.5, 0.6) is 5.75 Å². The number of anilines is 1. The van der Waals surface area contributed by atoms with Crippen LogP contribution >= 0.6 is 0 Å². The number of aryl methyl sites for hydroxylation is 1. The third-order valence-electron chi connectivity index (χ3n) is 2.94. The van der Waals surface area contributed by atoms with E-state index in [4.69, 9.17) is 4.74 Å². The molecular formula is C15H24N2O2. The zero-order valence-electron chi connectivity index (χ0n) is 12.3. The van der Waals surface area contributed by atoms with E-state index in [1.54, 1.807) is 7.11 Å². The standard InChI is InChI=1S/C15H24N2O2/c1-5-6-9-17(3)11-15(18)16-13-10-12(2)7-8-14(13)19-4/h7-8,10H,5-6,9,11H2,1-4H3,(H,16,18). The van der Waals surface area contributed by atoms with Crippen LogP contribution in [-0.2, 0) is 4.79 Å². The SMILES string of the molecule is CCCCN(C)CC(=O)Nc1cc(C)ccc1OC. The molecule has 0 radical (unpaired) electrons. The van der Waals surface area contributed by atoms with Crippen molar-refractivity contribution in [1.82, 2.24) is 4.90 Å². The first-order chi connectivity index (χ1) is 9.06. The molecule has 0 heterocycles. The summed E-state index contributed by atoms with van der Waals surface area (Å²) in [6.45, 7) is 5.47. The van der Waals surface area contributed by atoms with Gasteiger partial charge in [0.05, 0.1) is 19.3 Å². The van der Waals surface area contributed by atoms with Gasteiger partial charge in [-0.25, -0.2) is 0 Å². The molecular weight excluding hydrogens is 240 g/mol. The smallest absolute Gasteiger partial charge is 0.238 e. The molecule has 0 spiro atoms. The summed E-state index contributed by atoms with van der Waals surface area (Å²) in [6, 6.07) is 5.75. The summed E-state index contributed by atoms with van der Waals surface area (Å²) < 4.78 is 5.24. The molecule has 1 aromatic rings. The number of carbonyl (C=O) groups is 1. The highest BCUT2D eigenvalue weighted by atomic mass is 16.5. The molecule has 0 bridgehead atoms. The number of amides is 1. The van der Waals surface area contributed by atoms with Crippen LogP contribution in [0.2, 0.25) is 0 Å². The maximum Gasteiger partial charge on any atom is 0.238 e. The summed E-state index contributed by atoms with van der Waals surface area (Å²) in [6.07, 6.45) is 2.25. The number of methoxy groups -OCH3 is 1. The molecule has 1 N–H and O–H groups in total. The van der Waals surface area contributed by atoms with E-state index in [0.29, 0.717) is 12.3 Å². The van der Waals surface area contributed by atoms with Crippen molar-refractivity contribution < 1.29 is 9.53 Å². The summed E-state index contributed by atoms with van der Waals surface area (Å²) >= 11 is 0. The summed E-state index contributed by atoms with van der Waals surface area (Å²) in [5.74, 6) is 0.678. The number of nitrogens with one attached hydrogen (secondary N) is 1. The third kappa shape index (κ3) is 5.30. The van der Waals surface area contributed by atoms with Crippen molar-refractivity contribution in [3.8, 4) is 5.75 Å². The average Bonchev–Trinajstić information content (AvgIpc) is 2.36. The fraction of sp³-hybridized carbons (Fsp3) is 0.533. The van der Waals surface area contributed by atoms with Gasteiger partial charge in [-0.05, 0) is 44.6 Å². The van der Waals surface area contributed by atoms with Crippen LogP contribution in [0.1, 0.15) is 25.3 Å². The van der Waals surface area contributed by atoms with Gasteiger partial charge in [0.15, 0.2) is 0 Å². The Balaban J connectivity index is 2.59. The molecule has 0 saturated heterocycles. The number of nitrogens with zero attached hydrogens (tertiary/aromatic N) is 1. The first kappa shape index (κ1) is 15.5. The maximum atomic E-state index is 12.0. The Labute approximate surface area is 115 Å². The van der Waals surface area contributed by atoms with Gasteiger partial charge in [0.2, 0.25) is 5.91 Å². The zero-order valence-corrected chi connectivity index (χ0v) is 12.3. The highest BCUT2D eigenvalue weighted by Gasteiger charge is 2.09. The number of carbonyl (C=O) groups excluding carboxylic acids is 1. The van der Waals surface area contributed by atoms with Gasteiger partial charge in [0.25, 0.3) is 0 Å². The van der Waals surface area contributed by atoms with Gasteiger partial charge >= 0.3 is 0 Å². The summed E-state index contributed by atoms with van der Waals surface area (Å²) in [5.41, 5.74) is 1.83. The normalized spacial score (nSPS) is 10.6. The van der Waals surface area contributed by atoms with Crippen molar-refractivity contribution in [2.45, 2.75) is 26.7 Å². The van der Waals surface area contributed by atoms with Gasteiger partial charge in [-0.3, -0.25) is 9.69 Å². The van der Waals surface area contributed by atoms with Crippen molar-refractivity contribution in [1.29, 1.82) is 0 Å². The number of unbranched alkanes of at least 4 members (excludes halogenated alkanes) is 1. The monoisotopic (exact) mass is 264 g/mol. The van der Waals surface area contributed by atoms with E-state index in [1.165, 1.54) is 0 Å². The minimum absolute atomic E-state index is 0.0116. The predicted octanol–water partition coefficient (Wildman–Crippen LogP) is 2.67. The largest absolute Gasteiger partial charge is 0.495 e. The molecule has 0 fully saturated rings. The molecule has 4 nitrogen and oxygen atoms in total. The molecule has 0 aliphatic rings. The number of hydrogen-bond acceptors (Lipinski definition) is 3. The zero-order chi connectivity index (χ0) is 14.3. The van der Waals surface area contributed by atoms with Crippen molar-refractivity contribution >= 4 is 11.6 Å². The molecule has 0 aromatic heterocycles. The number of benzene rings is 1. The quantitative estimate of drug-likeness (QED) is 0.823. The highest BCUT2D eigenvalue weighted by Crippen LogP contribution is 2.24. The highest BCUT2D eigenvalue weighted by molar-refractivity contribution is 5.93. The van der Waals surface area contributed by atoms with Crippen LogP contribution in [-0.4, -0.2) is 38.1 Å². The predicted molar refractivity (Wildman–Crippen MR) is 78.8 cm³/mol. The molecule has 0 aliphatic heterocycles. The van der Waals surface area contributed by atoms with E-state index in [-0.39, 0.29) is 5.91 Å². The molecule has 4 heteroatoms. The van der Waals surface area contributed by atoms with E-state index in [2.05, 4.69) is 12.2 Å². The Bertz CT molecular complexity index is 419. The van der Waals surface area contributed by atoms with Gasteiger partial charge in [-0.2, -0.15) is 0 Å². The molecule has 0 unspecified atom stereocenters. The van der Waals surface area contributed by atoms with E-state index in [9.17, 15) is 4.79 Å². The van der Waals surface area contributed by atoms with Gasteiger partial charge in [0, 0.05) is 0 Å². The topological polar surface area (TPSA) is 41.6 Å². The molecule has 106 valence electrons. The van der Waals surface area contributed by atoms with Crippen LogP contribution in [0.4, 0.5) is 5.69 Å². The third-order valence-corrected chi connectivity index (χ3v) is 2.94. The van der Waals surface area contributed by atoms with E-state index >= 15 is 0 Å². The van der Waals surface area contributed by atoms with Crippen LogP contribution in [0.15, 0.2) is 18.2 Å². The minimum atomic E-state index is -0.0116. The molecule has 1 rings (SSSR count). The lowest BCUT2D eigenvalue weighted by molar-refractivity contribution is -0.117. The average molecular weight is 264 g/mol. The fourth-order valence-electron chi connectivity index (χ4n) is 1.86. The molecule has 0 atom stereocenters. The van der Waals surface area contributed by atoms with Crippen molar-refractivity contribution in [2.24, 2.45) is 0 Å². The van der Waals surface area contributed by atoms with E-state index in [1.807, 2.05) is 37.1 Å². The molecule has 0 saturated carbocycles. The molecule has 0 aliphatic carbocycles. The number of rotatable bonds is 7. The van der Waals surface area contributed by atoms with Crippen molar-refractivity contribution in [3.05, 3.63) is 23.8 Å². The number of ether oxygens (including phenoxy) is 1. The van der Waals surface area contributed by atoms with Gasteiger partial charge in [-0.1, -0.05) is 19.4 Å². The Hall–Kier alpha value is -1.55. The van der Waals surface area contributed by atoms with Crippen molar-refractivity contribution in [3.63, 3.8) is 0 Å². The number of likely N-dealkylation sites (N-methyl/N-ethyl adjacent to an activating group) is 1. The van der Waals surface area contributed by atoms with E-state index < -0.39 is 0 Å². The first-order valence-corrected chi connectivity index (χ1v) is 6.69. The molecule has 1 aromatic carbocycles. The Morgan fingerprint density at radius 1 is 1.42 bits per heavy atom. The lowest BCUT2D eigenvalue weighted by atomic mass is 10.2. The maximum absolute atomic E-state index is 12.0. The van der Waals surface area contributed by atoms with Gasteiger partial charge in [0.1, 0.15) is 5.75 Å². The Morgan fingerprint density at radius 3 is 2.79 bits per heavy atom.